The zero-order valence-corrected chi connectivity index (χ0v) is 14.6. The summed E-state index contributed by atoms with van der Waals surface area (Å²) >= 11 is 0. The van der Waals surface area contributed by atoms with Crippen LogP contribution in [0.1, 0.15) is 13.8 Å². The van der Waals surface area contributed by atoms with E-state index in [4.69, 9.17) is 25.7 Å². The van der Waals surface area contributed by atoms with Crippen LogP contribution in [0.25, 0.3) is 0 Å². The molecular formula is C15H22N4O7. The lowest BCUT2D eigenvalue weighted by atomic mass is 9.87. The first kappa shape index (κ1) is 19.3. The van der Waals surface area contributed by atoms with Gasteiger partial charge in [-0.05, 0) is 6.08 Å². The van der Waals surface area contributed by atoms with Crippen LogP contribution in [0.4, 0.5) is 4.79 Å². The maximum Gasteiger partial charge on any atom is 0.508 e. The molecule has 1 amide bonds. The van der Waals surface area contributed by atoms with Crippen LogP contribution in [0.2, 0.25) is 0 Å². The number of methoxy groups -OCH3 is 1. The molecule has 0 aromatic carbocycles. The topological polar surface area (TPSA) is 165 Å². The van der Waals surface area contributed by atoms with Crippen LogP contribution in [0, 0.1) is 5.92 Å². The van der Waals surface area contributed by atoms with E-state index >= 15 is 0 Å². The molecule has 2 aliphatic heterocycles. The standard InChI is InChI=1S/C15H22N4O7/c1-6(10-5-24-15(22)26-10)12-11(18-7(2)20)8(19-14(16)17)4-9(25-12)13(21)23-3/h4,6,8,10-12H,5H2,1-3H3,(H,18,20)(H4,16,17,19)/t6-,8+,10-,11-,12+/m1/s1. The number of rotatable bonds is 5. The first-order valence-corrected chi connectivity index (χ1v) is 7.89. The monoisotopic (exact) mass is 370 g/mol. The van der Waals surface area contributed by atoms with E-state index in [0.717, 1.165) is 0 Å². The van der Waals surface area contributed by atoms with Gasteiger partial charge >= 0.3 is 12.1 Å². The fourth-order valence-electron chi connectivity index (χ4n) is 2.87. The van der Waals surface area contributed by atoms with Gasteiger partial charge in [-0.15, -0.1) is 0 Å². The smallest absolute Gasteiger partial charge is 0.481 e. The summed E-state index contributed by atoms with van der Waals surface area (Å²) in [5.41, 5.74) is 10.9. The summed E-state index contributed by atoms with van der Waals surface area (Å²) in [5, 5.41) is 2.72. The molecule has 0 spiro atoms. The van der Waals surface area contributed by atoms with Crippen molar-refractivity contribution >= 4 is 24.0 Å². The van der Waals surface area contributed by atoms with Crippen LogP contribution < -0.4 is 16.8 Å². The number of esters is 1. The molecule has 0 aliphatic carbocycles. The van der Waals surface area contributed by atoms with E-state index in [-0.39, 0.29) is 24.2 Å². The van der Waals surface area contributed by atoms with Crippen LogP contribution >= 0.6 is 0 Å². The van der Waals surface area contributed by atoms with E-state index in [2.05, 4.69) is 15.0 Å². The van der Waals surface area contributed by atoms with Crippen LogP contribution in [0.3, 0.4) is 0 Å². The molecule has 0 radical (unpaired) electrons. The summed E-state index contributed by atoms with van der Waals surface area (Å²) in [5.74, 6) is -1.86. The largest absolute Gasteiger partial charge is 0.508 e. The predicted octanol–water partition coefficient (Wildman–Crippen LogP) is -1.24. The van der Waals surface area contributed by atoms with Crippen LogP contribution in [-0.2, 0) is 28.5 Å². The highest BCUT2D eigenvalue weighted by molar-refractivity contribution is 5.87. The van der Waals surface area contributed by atoms with Crippen molar-refractivity contribution in [3.8, 4) is 0 Å². The molecule has 0 aromatic heterocycles. The maximum absolute atomic E-state index is 11.9. The predicted molar refractivity (Wildman–Crippen MR) is 87.6 cm³/mol. The third kappa shape index (κ3) is 4.35. The molecule has 1 saturated heterocycles. The summed E-state index contributed by atoms with van der Waals surface area (Å²) in [4.78, 5) is 38.9. The summed E-state index contributed by atoms with van der Waals surface area (Å²) in [6, 6.07) is -1.49. The van der Waals surface area contributed by atoms with Gasteiger partial charge in [0.05, 0.1) is 19.2 Å². The minimum Gasteiger partial charge on any atom is -0.481 e. The minimum atomic E-state index is -0.793. The second-order valence-corrected chi connectivity index (χ2v) is 5.95. The van der Waals surface area contributed by atoms with E-state index in [1.165, 1.54) is 20.1 Å². The zero-order chi connectivity index (χ0) is 19.4. The molecule has 2 heterocycles. The van der Waals surface area contributed by atoms with Gasteiger partial charge in [-0.3, -0.25) is 4.79 Å². The normalized spacial score (nSPS) is 28.6. The molecule has 11 nitrogen and oxygen atoms in total. The van der Waals surface area contributed by atoms with Crippen LogP contribution in [0.15, 0.2) is 16.8 Å². The first-order valence-electron chi connectivity index (χ1n) is 7.89. The fraction of sp³-hybridized carbons (Fsp3) is 0.600. The number of carbonyl (C=O) groups is 3. The van der Waals surface area contributed by atoms with Gasteiger partial charge in [0.15, 0.2) is 5.96 Å². The average Bonchev–Trinajstić information content (AvgIpc) is 3.00. The zero-order valence-electron chi connectivity index (χ0n) is 14.6. The number of hydrogen-bond acceptors (Lipinski definition) is 8. The van der Waals surface area contributed by atoms with E-state index in [1.807, 2.05) is 0 Å². The van der Waals surface area contributed by atoms with Crippen molar-refractivity contribution in [2.24, 2.45) is 22.4 Å². The summed E-state index contributed by atoms with van der Waals surface area (Å²) in [7, 11) is 1.20. The van der Waals surface area contributed by atoms with Gasteiger partial charge in [-0.1, -0.05) is 6.92 Å². The second-order valence-electron chi connectivity index (χ2n) is 5.95. The fourth-order valence-corrected chi connectivity index (χ4v) is 2.87. The van der Waals surface area contributed by atoms with Crippen molar-refractivity contribution in [1.29, 1.82) is 0 Å². The van der Waals surface area contributed by atoms with Crippen LogP contribution in [-0.4, -0.2) is 62.0 Å². The number of nitrogens with two attached hydrogens (primary N) is 2. The molecule has 0 saturated carbocycles. The number of guanidine groups is 1. The Balaban J connectivity index is 2.39. The third-order valence-corrected chi connectivity index (χ3v) is 4.08. The van der Waals surface area contributed by atoms with Gasteiger partial charge in [0.2, 0.25) is 11.7 Å². The highest BCUT2D eigenvalue weighted by Crippen LogP contribution is 2.30. The van der Waals surface area contributed by atoms with E-state index in [0.29, 0.717) is 0 Å². The van der Waals surface area contributed by atoms with Crippen molar-refractivity contribution in [2.45, 2.75) is 38.1 Å². The number of cyclic esters (lactones) is 2. The third-order valence-electron chi connectivity index (χ3n) is 4.08. The Morgan fingerprint density at radius 2 is 2.08 bits per heavy atom. The summed E-state index contributed by atoms with van der Waals surface area (Å²) in [6.45, 7) is 3.09. The van der Waals surface area contributed by atoms with E-state index in [9.17, 15) is 14.4 Å². The Morgan fingerprint density at radius 3 is 2.58 bits per heavy atom. The molecule has 2 rings (SSSR count). The first-order chi connectivity index (χ1) is 12.2. The van der Waals surface area contributed by atoms with Gasteiger partial charge in [-0.2, -0.15) is 0 Å². The number of hydrogen-bond donors (Lipinski definition) is 3. The van der Waals surface area contributed by atoms with Crippen molar-refractivity contribution in [3.63, 3.8) is 0 Å². The van der Waals surface area contributed by atoms with Gasteiger partial charge in [-0.25, -0.2) is 14.6 Å². The molecule has 1 fully saturated rings. The van der Waals surface area contributed by atoms with E-state index in [1.54, 1.807) is 6.92 Å². The number of amides is 1. The average molecular weight is 370 g/mol. The Hall–Kier alpha value is -2.98. The molecule has 0 unspecified atom stereocenters. The summed E-state index contributed by atoms with van der Waals surface area (Å²) in [6.07, 6.45) is -0.837. The SMILES string of the molecule is COC(=O)C1=C[C@H](N=C(N)N)[C@@H](NC(C)=O)[C@H]([C@H](C)[C@H]2COC(=O)O2)O1. The number of nitrogens with one attached hydrogen (secondary N) is 1. The second kappa shape index (κ2) is 7.93. The molecule has 5 N–H and O–H groups in total. The molecule has 26 heavy (non-hydrogen) atoms. The van der Waals surface area contributed by atoms with E-state index < -0.39 is 42.3 Å². The van der Waals surface area contributed by atoms with Crippen molar-refractivity contribution in [3.05, 3.63) is 11.8 Å². The maximum atomic E-state index is 11.9. The lowest BCUT2D eigenvalue weighted by molar-refractivity contribution is -0.144. The molecule has 0 aromatic rings. The van der Waals surface area contributed by atoms with Gasteiger partial charge in [0.1, 0.15) is 18.8 Å². The lowest BCUT2D eigenvalue weighted by Gasteiger charge is -2.39. The Kier molecular flexibility index (Phi) is 5.90. The molecule has 11 heteroatoms. The number of carbonyl (C=O) groups excluding carboxylic acids is 3. The van der Waals surface area contributed by atoms with Crippen molar-refractivity contribution in [2.75, 3.05) is 13.7 Å². The molecular weight excluding hydrogens is 348 g/mol. The number of nitrogens with zero attached hydrogens (tertiary/aromatic N) is 1. The molecule has 144 valence electrons. The number of ether oxygens (including phenoxy) is 4. The quantitative estimate of drug-likeness (QED) is 0.305. The Bertz CT molecular complexity index is 644. The molecule has 2 aliphatic rings. The Morgan fingerprint density at radius 1 is 1.38 bits per heavy atom. The van der Waals surface area contributed by atoms with Crippen LogP contribution in [0.5, 0.6) is 0 Å². The lowest BCUT2D eigenvalue weighted by Crippen LogP contribution is -2.57. The Labute approximate surface area is 149 Å². The number of aliphatic imine (C=N–C) groups is 1. The summed E-state index contributed by atoms with van der Waals surface area (Å²) < 4.78 is 20.3. The minimum absolute atomic E-state index is 0.0247. The van der Waals surface area contributed by atoms with Gasteiger partial charge in [0, 0.05) is 12.8 Å². The molecule has 5 atom stereocenters. The highest BCUT2D eigenvalue weighted by Gasteiger charge is 2.45. The van der Waals surface area contributed by atoms with Gasteiger partial charge in [0.25, 0.3) is 0 Å². The van der Waals surface area contributed by atoms with Gasteiger partial charge < -0.3 is 35.7 Å². The van der Waals surface area contributed by atoms with Crippen molar-refractivity contribution in [1.82, 2.24) is 5.32 Å². The molecule has 0 bridgehead atoms. The van der Waals surface area contributed by atoms with Crippen molar-refractivity contribution < 1.29 is 33.3 Å². The highest BCUT2D eigenvalue weighted by atomic mass is 16.8.